The van der Waals surface area contributed by atoms with Crippen molar-refractivity contribution in [2.75, 3.05) is 0 Å². The van der Waals surface area contributed by atoms with Gasteiger partial charge in [-0.15, -0.1) is 9.19 Å². The van der Waals surface area contributed by atoms with Crippen LogP contribution in [-0.2, 0) is 10.0 Å². The highest BCUT2D eigenvalue weighted by atomic mass is 127. The molecule has 0 amide bonds. The summed E-state index contributed by atoms with van der Waals surface area (Å²) in [5, 5.41) is 7.86. The molecule has 0 unspecified atom stereocenters. The topological polar surface area (TPSA) is 64.8 Å². The normalized spacial score (nSPS) is 11.5. The molecule has 7 heteroatoms. The summed E-state index contributed by atoms with van der Waals surface area (Å²) in [4.78, 5) is 0.195. The van der Waals surface area contributed by atoms with E-state index in [2.05, 4.69) is 10.3 Å². The van der Waals surface area contributed by atoms with Gasteiger partial charge in [0, 0.05) is 5.56 Å². The largest absolute Gasteiger partial charge is 0.285 e. The second-order valence-electron chi connectivity index (χ2n) is 4.76. The van der Waals surface area contributed by atoms with Gasteiger partial charge in [-0.25, -0.2) is 0 Å². The number of hydrogen-bond acceptors (Lipinski definition) is 4. The zero-order valence-electron chi connectivity index (χ0n) is 11.6. The van der Waals surface area contributed by atoms with Crippen LogP contribution in [0, 0.1) is 10.6 Å². The van der Waals surface area contributed by atoms with E-state index in [9.17, 15) is 8.42 Å². The van der Waals surface area contributed by atoms with Gasteiger partial charge in [0.2, 0.25) is 0 Å². The van der Waals surface area contributed by atoms with Gasteiger partial charge >= 0.3 is 0 Å². The molecule has 3 aromatic rings. The third-order valence-corrected chi connectivity index (χ3v) is 6.06. The predicted molar refractivity (Wildman–Crippen MR) is 91.9 cm³/mol. The van der Waals surface area contributed by atoms with Crippen molar-refractivity contribution in [2.24, 2.45) is 0 Å². The molecule has 0 saturated carbocycles. The van der Waals surface area contributed by atoms with E-state index >= 15 is 0 Å². The number of nitrogens with zero attached hydrogens (tertiary/aromatic N) is 3. The van der Waals surface area contributed by atoms with Crippen LogP contribution in [0.3, 0.4) is 0 Å². The minimum atomic E-state index is -3.74. The van der Waals surface area contributed by atoms with E-state index in [1.165, 1.54) is 0 Å². The molecular formula is C15H12IN3O2S. The lowest BCUT2D eigenvalue weighted by atomic mass is 10.2. The van der Waals surface area contributed by atoms with Gasteiger partial charge in [0.25, 0.3) is 10.0 Å². The molecule has 0 bridgehead atoms. The van der Waals surface area contributed by atoms with E-state index in [4.69, 9.17) is 0 Å². The summed E-state index contributed by atoms with van der Waals surface area (Å²) >= 11 is 1.96. The van der Waals surface area contributed by atoms with E-state index in [1.54, 1.807) is 24.3 Å². The number of aromatic nitrogens is 3. The van der Waals surface area contributed by atoms with E-state index < -0.39 is 10.0 Å². The Hall–Kier alpha value is -1.74. The molecule has 5 nitrogen and oxygen atoms in total. The maximum atomic E-state index is 12.7. The lowest BCUT2D eigenvalue weighted by Crippen LogP contribution is -2.16. The molecule has 0 aliphatic rings. The average Bonchev–Trinajstić information content (AvgIpc) is 2.91. The summed E-state index contributed by atoms with van der Waals surface area (Å²) in [6.45, 7) is 1.91. The summed E-state index contributed by atoms with van der Waals surface area (Å²) in [6, 6.07) is 16.0. The van der Waals surface area contributed by atoms with Crippen LogP contribution in [0.1, 0.15) is 5.56 Å². The standard InChI is InChI=1S/C15H12IN3O2S/c1-11-7-9-13(10-8-11)22(20,21)19-15(16)14(17-18-19)12-5-3-2-4-6-12/h2-10H,1H3. The molecular weight excluding hydrogens is 413 g/mol. The third-order valence-electron chi connectivity index (χ3n) is 3.18. The molecule has 0 saturated heterocycles. The Balaban J connectivity index is 2.10. The molecule has 0 spiro atoms. The lowest BCUT2D eigenvalue weighted by Gasteiger charge is -2.05. The molecule has 0 fully saturated rings. The second kappa shape index (κ2) is 5.81. The smallest absolute Gasteiger partial charge is 0.199 e. The van der Waals surface area contributed by atoms with Crippen molar-refractivity contribution in [3.63, 3.8) is 0 Å². The van der Waals surface area contributed by atoms with Crippen molar-refractivity contribution in [2.45, 2.75) is 11.8 Å². The summed E-state index contributed by atoms with van der Waals surface area (Å²) in [6.07, 6.45) is 0. The minimum Gasteiger partial charge on any atom is -0.199 e. The molecule has 0 radical (unpaired) electrons. The molecule has 0 aliphatic carbocycles. The second-order valence-corrected chi connectivity index (χ2v) is 7.55. The zero-order chi connectivity index (χ0) is 15.7. The van der Waals surface area contributed by atoms with Gasteiger partial charge in [0.05, 0.1) is 4.90 Å². The Kier molecular flexibility index (Phi) is 4.00. The summed E-state index contributed by atoms with van der Waals surface area (Å²) in [5.74, 6) is 0. The van der Waals surface area contributed by atoms with Crippen molar-refractivity contribution < 1.29 is 8.42 Å². The fourth-order valence-electron chi connectivity index (χ4n) is 1.99. The lowest BCUT2D eigenvalue weighted by molar-refractivity contribution is 0.575. The molecule has 0 atom stereocenters. The fourth-order valence-corrected chi connectivity index (χ4v) is 4.40. The summed E-state index contributed by atoms with van der Waals surface area (Å²) < 4.78 is 26.8. The zero-order valence-corrected chi connectivity index (χ0v) is 14.6. The van der Waals surface area contributed by atoms with Crippen LogP contribution >= 0.6 is 22.6 Å². The molecule has 1 aromatic heterocycles. The number of aryl methyl sites for hydroxylation is 1. The van der Waals surface area contributed by atoms with Crippen LogP contribution < -0.4 is 0 Å². The van der Waals surface area contributed by atoms with E-state index in [0.29, 0.717) is 9.39 Å². The van der Waals surface area contributed by atoms with Crippen LogP contribution in [0.25, 0.3) is 11.3 Å². The van der Waals surface area contributed by atoms with Crippen molar-refractivity contribution in [1.82, 2.24) is 14.4 Å². The SMILES string of the molecule is Cc1ccc(S(=O)(=O)n2nnc(-c3ccccc3)c2I)cc1. The van der Waals surface area contributed by atoms with Crippen molar-refractivity contribution in [3.05, 3.63) is 63.9 Å². The Bertz CT molecular complexity index is 904. The van der Waals surface area contributed by atoms with Gasteiger partial charge in [-0.1, -0.05) is 53.2 Å². The highest BCUT2D eigenvalue weighted by Gasteiger charge is 2.24. The maximum absolute atomic E-state index is 12.7. The molecule has 1 heterocycles. The van der Waals surface area contributed by atoms with Crippen molar-refractivity contribution in [1.29, 1.82) is 0 Å². The van der Waals surface area contributed by atoms with Crippen molar-refractivity contribution in [3.8, 4) is 11.3 Å². The van der Waals surface area contributed by atoms with Crippen LogP contribution in [0.5, 0.6) is 0 Å². The first-order valence-electron chi connectivity index (χ1n) is 6.49. The highest BCUT2D eigenvalue weighted by Crippen LogP contribution is 2.25. The Morgan fingerprint density at radius 2 is 1.64 bits per heavy atom. The predicted octanol–water partition coefficient (Wildman–Crippen LogP) is 3.10. The Labute approximate surface area is 142 Å². The van der Waals surface area contributed by atoms with Crippen LogP contribution in [-0.4, -0.2) is 22.8 Å². The monoisotopic (exact) mass is 425 g/mol. The highest BCUT2D eigenvalue weighted by molar-refractivity contribution is 14.1. The fraction of sp³-hybridized carbons (Fsp3) is 0.0667. The maximum Gasteiger partial charge on any atom is 0.285 e. The number of halogens is 1. The van der Waals surface area contributed by atoms with Crippen LogP contribution in [0.4, 0.5) is 0 Å². The summed E-state index contributed by atoms with van der Waals surface area (Å²) in [7, 11) is -3.74. The van der Waals surface area contributed by atoms with Gasteiger partial charge < -0.3 is 0 Å². The first-order chi connectivity index (χ1) is 10.5. The quantitative estimate of drug-likeness (QED) is 0.606. The van der Waals surface area contributed by atoms with E-state index in [0.717, 1.165) is 15.2 Å². The minimum absolute atomic E-state index is 0.195. The number of hydrogen-bond donors (Lipinski definition) is 0. The van der Waals surface area contributed by atoms with E-state index in [-0.39, 0.29) is 4.90 Å². The molecule has 2 aromatic carbocycles. The molecule has 22 heavy (non-hydrogen) atoms. The van der Waals surface area contributed by atoms with Gasteiger partial charge in [-0.05, 0) is 41.6 Å². The molecule has 0 aliphatic heterocycles. The third kappa shape index (κ3) is 2.66. The number of rotatable bonds is 3. The van der Waals surface area contributed by atoms with Gasteiger partial charge in [0.1, 0.15) is 9.39 Å². The van der Waals surface area contributed by atoms with Gasteiger partial charge in [-0.3, -0.25) is 0 Å². The van der Waals surface area contributed by atoms with E-state index in [1.807, 2.05) is 59.8 Å². The molecule has 112 valence electrons. The van der Waals surface area contributed by atoms with Crippen LogP contribution in [0.15, 0.2) is 59.5 Å². The first-order valence-corrected chi connectivity index (χ1v) is 9.01. The molecule has 3 rings (SSSR count). The summed E-state index contributed by atoms with van der Waals surface area (Å²) in [5.41, 5.74) is 2.38. The van der Waals surface area contributed by atoms with Crippen molar-refractivity contribution >= 4 is 32.6 Å². The molecule has 0 N–H and O–H groups in total. The Morgan fingerprint density at radius 1 is 1.00 bits per heavy atom. The van der Waals surface area contributed by atoms with Gasteiger partial charge in [0.15, 0.2) is 0 Å². The number of benzene rings is 2. The first kappa shape index (κ1) is 15.2. The van der Waals surface area contributed by atoms with Gasteiger partial charge in [-0.2, -0.15) is 8.42 Å². The van der Waals surface area contributed by atoms with Crippen LogP contribution in [0.2, 0.25) is 0 Å². The Morgan fingerprint density at radius 3 is 2.27 bits per heavy atom. The average molecular weight is 425 g/mol.